The maximum atomic E-state index is 13.7. The molecular formula is C31H21Cl5N2O3S. The third kappa shape index (κ3) is 7.20. The Balaban J connectivity index is 1.48. The lowest BCUT2D eigenvalue weighted by Gasteiger charge is -2.16. The van der Waals surface area contributed by atoms with Gasteiger partial charge in [0.25, 0.3) is 5.91 Å². The number of nitrogens with zero attached hydrogens (tertiary/aromatic N) is 2. The molecule has 4 aromatic rings. The van der Waals surface area contributed by atoms with Crippen LogP contribution in [0, 0.1) is 0 Å². The van der Waals surface area contributed by atoms with Gasteiger partial charge >= 0.3 is 0 Å². The molecule has 5 nitrogen and oxygen atoms in total. The molecule has 0 bridgehead atoms. The van der Waals surface area contributed by atoms with Gasteiger partial charge in [0, 0.05) is 25.7 Å². The molecule has 0 saturated carbocycles. The summed E-state index contributed by atoms with van der Waals surface area (Å²) in [4.78, 5) is 20.4. The first-order valence-electron chi connectivity index (χ1n) is 12.6. The number of rotatable bonds is 8. The van der Waals surface area contributed by atoms with Crippen LogP contribution in [-0.2, 0) is 11.4 Å². The van der Waals surface area contributed by atoms with Crippen molar-refractivity contribution in [3.05, 3.63) is 120 Å². The quantitative estimate of drug-likeness (QED) is 0.174. The molecule has 0 aromatic heterocycles. The van der Waals surface area contributed by atoms with Crippen molar-refractivity contribution in [1.29, 1.82) is 0 Å². The average Bonchev–Trinajstić information content (AvgIpc) is 3.25. The maximum Gasteiger partial charge on any atom is 0.271 e. The van der Waals surface area contributed by atoms with E-state index in [1.165, 1.54) is 11.8 Å². The predicted molar refractivity (Wildman–Crippen MR) is 176 cm³/mol. The minimum absolute atomic E-state index is 0.158. The van der Waals surface area contributed by atoms with Crippen LogP contribution >= 0.6 is 69.8 Å². The number of amidine groups is 1. The Labute approximate surface area is 272 Å². The van der Waals surface area contributed by atoms with E-state index in [-0.39, 0.29) is 12.5 Å². The van der Waals surface area contributed by atoms with Gasteiger partial charge in [0.1, 0.15) is 6.61 Å². The molecule has 0 atom stereocenters. The Morgan fingerprint density at radius 3 is 2.14 bits per heavy atom. The SMILES string of the molecule is CCOc1cc(/C=C2\SC(=Nc3ccc(Cl)cc3)N(c3ccc(Cl)cc3)C2=O)cc(Cl)c1OCc1ccc(Cl)cc1Cl. The number of halogens is 5. The summed E-state index contributed by atoms with van der Waals surface area (Å²) in [5.74, 6) is 0.550. The van der Waals surface area contributed by atoms with Gasteiger partial charge in [-0.3, -0.25) is 9.69 Å². The molecule has 0 spiro atoms. The number of anilines is 1. The highest BCUT2D eigenvalue weighted by molar-refractivity contribution is 8.19. The maximum absolute atomic E-state index is 13.7. The summed E-state index contributed by atoms with van der Waals surface area (Å²) in [5, 5.41) is 2.96. The van der Waals surface area contributed by atoms with E-state index >= 15 is 0 Å². The zero-order valence-electron chi connectivity index (χ0n) is 21.9. The molecule has 1 aliphatic rings. The summed E-state index contributed by atoms with van der Waals surface area (Å²) in [7, 11) is 0. The highest BCUT2D eigenvalue weighted by atomic mass is 35.5. The molecule has 1 fully saturated rings. The first-order chi connectivity index (χ1) is 20.2. The molecule has 1 aliphatic heterocycles. The monoisotopic (exact) mass is 676 g/mol. The molecule has 0 N–H and O–H groups in total. The van der Waals surface area contributed by atoms with Crippen LogP contribution in [0.4, 0.5) is 11.4 Å². The van der Waals surface area contributed by atoms with Crippen molar-refractivity contribution in [1.82, 2.24) is 0 Å². The van der Waals surface area contributed by atoms with E-state index in [4.69, 9.17) is 72.5 Å². The van der Waals surface area contributed by atoms with Crippen LogP contribution in [0.15, 0.2) is 88.8 Å². The second-order valence-electron chi connectivity index (χ2n) is 8.89. The van der Waals surface area contributed by atoms with Gasteiger partial charge in [-0.15, -0.1) is 0 Å². The van der Waals surface area contributed by atoms with Crippen LogP contribution in [0.3, 0.4) is 0 Å². The van der Waals surface area contributed by atoms with Crippen LogP contribution in [0.5, 0.6) is 11.5 Å². The highest BCUT2D eigenvalue weighted by Gasteiger charge is 2.35. The molecule has 1 amide bonds. The molecule has 1 saturated heterocycles. The van der Waals surface area contributed by atoms with E-state index in [0.717, 1.165) is 5.56 Å². The number of carbonyl (C=O) groups excluding carboxylic acids is 1. The summed E-state index contributed by atoms with van der Waals surface area (Å²) in [5.41, 5.74) is 2.68. The summed E-state index contributed by atoms with van der Waals surface area (Å²) >= 11 is 32.4. The molecule has 214 valence electrons. The fourth-order valence-corrected chi connectivity index (χ4v) is 6.00. The van der Waals surface area contributed by atoms with E-state index in [9.17, 15) is 4.79 Å². The largest absolute Gasteiger partial charge is 0.490 e. The number of ether oxygens (including phenoxy) is 2. The number of hydrogen-bond donors (Lipinski definition) is 0. The van der Waals surface area contributed by atoms with Crippen LogP contribution in [0.2, 0.25) is 25.1 Å². The molecule has 0 radical (unpaired) electrons. The highest BCUT2D eigenvalue weighted by Crippen LogP contribution is 2.41. The first-order valence-corrected chi connectivity index (χ1v) is 15.3. The average molecular weight is 679 g/mol. The lowest BCUT2D eigenvalue weighted by molar-refractivity contribution is -0.113. The minimum atomic E-state index is -0.248. The Kier molecular flexibility index (Phi) is 9.94. The van der Waals surface area contributed by atoms with Gasteiger partial charge in [-0.25, -0.2) is 4.99 Å². The van der Waals surface area contributed by atoms with E-state index in [0.29, 0.717) is 70.2 Å². The molecule has 1 heterocycles. The van der Waals surface area contributed by atoms with Crippen LogP contribution < -0.4 is 14.4 Å². The zero-order chi connectivity index (χ0) is 29.8. The smallest absolute Gasteiger partial charge is 0.271 e. The molecule has 0 aliphatic carbocycles. The second kappa shape index (κ2) is 13.6. The van der Waals surface area contributed by atoms with Gasteiger partial charge in [0.2, 0.25) is 0 Å². The molecule has 0 unspecified atom stereocenters. The minimum Gasteiger partial charge on any atom is -0.490 e. The number of thioether (sulfide) groups is 1. The Morgan fingerprint density at radius 1 is 0.810 bits per heavy atom. The van der Waals surface area contributed by atoms with E-state index < -0.39 is 0 Å². The lowest BCUT2D eigenvalue weighted by Crippen LogP contribution is -2.28. The first kappa shape index (κ1) is 30.6. The topological polar surface area (TPSA) is 51.1 Å². The van der Waals surface area contributed by atoms with Gasteiger partial charge in [-0.1, -0.05) is 64.1 Å². The predicted octanol–water partition coefficient (Wildman–Crippen LogP) is 10.7. The standard InChI is InChI=1S/C31H21Cl5N2O3S/c1-2-40-27-14-18(13-26(36)29(27)41-17-19-3-4-22(34)16-25(19)35)15-28-30(39)38(24-11-7-21(33)8-12-24)31(42-28)37-23-9-5-20(32)6-10-23/h3-16H,2,17H2,1H3/b28-15-,37-31?. The van der Waals surface area contributed by atoms with Gasteiger partial charge < -0.3 is 9.47 Å². The van der Waals surface area contributed by atoms with Crippen molar-refractivity contribution < 1.29 is 14.3 Å². The van der Waals surface area contributed by atoms with Crippen molar-refractivity contribution in [2.24, 2.45) is 4.99 Å². The van der Waals surface area contributed by atoms with E-state index in [2.05, 4.69) is 0 Å². The van der Waals surface area contributed by atoms with Crippen molar-refractivity contribution in [2.45, 2.75) is 13.5 Å². The number of carbonyl (C=O) groups is 1. The molecule has 5 rings (SSSR count). The molecular weight excluding hydrogens is 658 g/mol. The van der Waals surface area contributed by atoms with E-state index in [1.54, 1.807) is 89.8 Å². The fraction of sp³-hybridized carbons (Fsp3) is 0.0968. The molecule has 11 heteroatoms. The zero-order valence-corrected chi connectivity index (χ0v) is 26.5. The van der Waals surface area contributed by atoms with Crippen molar-refractivity contribution >= 4 is 98.3 Å². The fourth-order valence-electron chi connectivity index (χ4n) is 4.01. The van der Waals surface area contributed by atoms with Crippen LogP contribution in [0.1, 0.15) is 18.1 Å². The molecule has 4 aromatic carbocycles. The number of amides is 1. The van der Waals surface area contributed by atoms with Gasteiger partial charge in [-0.05, 0) is 103 Å². The third-order valence-electron chi connectivity index (χ3n) is 5.96. The van der Waals surface area contributed by atoms with Crippen molar-refractivity contribution in [2.75, 3.05) is 11.5 Å². The number of hydrogen-bond acceptors (Lipinski definition) is 5. The van der Waals surface area contributed by atoms with Gasteiger partial charge in [0.15, 0.2) is 16.7 Å². The van der Waals surface area contributed by atoms with Gasteiger partial charge in [-0.2, -0.15) is 0 Å². The van der Waals surface area contributed by atoms with E-state index in [1.807, 2.05) is 6.92 Å². The van der Waals surface area contributed by atoms with Crippen LogP contribution in [0.25, 0.3) is 6.08 Å². The van der Waals surface area contributed by atoms with Crippen molar-refractivity contribution in [3.8, 4) is 11.5 Å². The second-order valence-corrected chi connectivity index (χ2v) is 12.0. The lowest BCUT2D eigenvalue weighted by atomic mass is 10.1. The van der Waals surface area contributed by atoms with Crippen LogP contribution in [-0.4, -0.2) is 17.7 Å². The normalized spacial score (nSPS) is 15.1. The summed E-state index contributed by atoms with van der Waals surface area (Å²) < 4.78 is 11.9. The Morgan fingerprint density at radius 2 is 1.48 bits per heavy atom. The van der Waals surface area contributed by atoms with Gasteiger partial charge in [0.05, 0.1) is 27.9 Å². The summed E-state index contributed by atoms with van der Waals surface area (Å²) in [6.07, 6.45) is 1.74. The Hall–Kier alpha value is -2.84. The van der Waals surface area contributed by atoms with Crippen molar-refractivity contribution in [3.63, 3.8) is 0 Å². The Bertz CT molecular complexity index is 1690. The third-order valence-corrected chi connectivity index (χ3v) is 8.30. The summed E-state index contributed by atoms with van der Waals surface area (Å²) in [6.45, 7) is 2.40. The molecule has 42 heavy (non-hydrogen) atoms. The number of benzene rings is 4. The number of aliphatic imine (C=N–C) groups is 1. The summed E-state index contributed by atoms with van der Waals surface area (Å²) in [6, 6.07) is 22.7.